The van der Waals surface area contributed by atoms with Gasteiger partial charge in [0.05, 0.1) is 6.54 Å². The molecule has 1 amide bonds. The molecule has 1 aliphatic carbocycles. The van der Waals surface area contributed by atoms with E-state index in [9.17, 15) is 9.18 Å². The van der Waals surface area contributed by atoms with Gasteiger partial charge < -0.3 is 5.32 Å². The van der Waals surface area contributed by atoms with Crippen molar-refractivity contribution < 1.29 is 9.18 Å². The van der Waals surface area contributed by atoms with Crippen LogP contribution in [0.15, 0.2) is 42.5 Å². The molecular formula is C19H21FN2O. The van der Waals surface area contributed by atoms with E-state index in [2.05, 4.69) is 28.4 Å². The predicted octanol–water partition coefficient (Wildman–Crippen LogP) is 3.69. The third-order valence-electron chi connectivity index (χ3n) is 4.50. The van der Waals surface area contributed by atoms with E-state index in [4.69, 9.17) is 0 Å². The van der Waals surface area contributed by atoms with Crippen LogP contribution in [0.2, 0.25) is 0 Å². The normalized spacial score (nSPS) is 16.4. The Kier molecular flexibility index (Phi) is 4.44. The summed E-state index contributed by atoms with van der Waals surface area (Å²) in [6.45, 7) is 2.14. The summed E-state index contributed by atoms with van der Waals surface area (Å²) in [5.74, 6) is -0.463. The molecule has 2 aromatic rings. The summed E-state index contributed by atoms with van der Waals surface area (Å²) in [6, 6.07) is 13.1. The first-order valence-electron chi connectivity index (χ1n) is 7.88. The fraction of sp³-hybridized carbons (Fsp3) is 0.316. The average Bonchev–Trinajstić information content (AvgIpc) is 2.95. The number of nitrogens with one attached hydrogen (secondary N) is 1. The van der Waals surface area contributed by atoms with E-state index in [0.717, 1.165) is 18.4 Å². The first-order chi connectivity index (χ1) is 11.0. The number of anilines is 1. The van der Waals surface area contributed by atoms with Gasteiger partial charge in [0.15, 0.2) is 0 Å². The van der Waals surface area contributed by atoms with Crippen LogP contribution in [0.25, 0.3) is 0 Å². The monoisotopic (exact) mass is 312 g/mol. The molecule has 0 bridgehead atoms. The molecule has 0 aliphatic heterocycles. The van der Waals surface area contributed by atoms with Crippen LogP contribution in [0.4, 0.5) is 10.1 Å². The van der Waals surface area contributed by atoms with Crippen LogP contribution >= 0.6 is 0 Å². The molecule has 0 spiro atoms. The first kappa shape index (κ1) is 15.7. The minimum Gasteiger partial charge on any atom is -0.325 e. The van der Waals surface area contributed by atoms with E-state index in [0.29, 0.717) is 5.69 Å². The fourth-order valence-corrected chi connectivity index (χ4v) is 3.25. The van der Waals surface area contributed by atoms with Crippen LogP contribution in [0, 0.1) is 12.7 Å². The maximum absolute atomic E-state index is 13.3. The Morgan fingerprint density at radius 1 is 1.30 bits per heavy atom. The van der Waals surface area contributed by atoms with Gasteiger partial charge in [-0.2, -0.15) is 0 Å². The standard InChI is InChI=1S/C19H21FN2O/c1-13-7-9-15(20)11-17(13)21-19(23)12-22(2)18-10-8-14-5-3-4-6-16(14)18/h3-7,9,11,18H,8,10,12H2,1-2H3,(H,21,23)/t18-/m0/s1. The van der Waals surface area contributed by atoms with Gasteiger partial charge in [-0.1, -0.05) is 30.3 Å². The van der Waals surface area contributed by atoms with Crippen LogP contribution in [-0.2, 0) is 11.2 Å². The maximum Gasteiger partial charge on any atom is 0.238 e. The van der Waals surface area contributed by atoms with Gasteiger partial charge in [0, 0.05) is 11.7 Å². The van der Waals surface area contributed by atoms with Crippen molar-refractivity contribution in [2.24, 2.45) is 0 Å². The maximum atomic E-state index is 13.3. The highest BCUT2D eigenvalue weighted by Gasteiger charge is 2.26. The molecule has 1 atom stereocenters. The molecule has 0 aromatic heterocycles. The Morgan fingerprint density at radius 3 is 2.91 bits per heavy atom. The molecule has 0 fully saturated rings. The molecule has 0 radical (unpaired) electrons. The molecule has 1 N–H and O–H groups in total. The van der Waals surface area contributed by atoms with Gasteiger partial charge in [0.25, 0.3) is 0 Å². The predicted molar refractivity (Wildman–Crippen MR) is 89.9 cm³/mol. The minimum absolute atomic E-state index is 0.120. The van der Waals surface area contributed by atoms with Gasteiger partial charge in [-0.05, 0) is 55.6 Å². The molecule has 0 saturated carbocycles. The molecular weight excluding hydrogens is 291 g/mol. The number of rotatable bonds is 4. The zero-order chi connectivity index (χ0) is 16.4. The lowest BCUT2D eigenvalue weighted by Gasteiger charge is -2.24. The SMILES string of the molecule is Cc1ccc(F)cc1NC(=O)CN(C)[C@H]1CCc2ccccc21. The topological polar surface area (TPSA) is 32.3 Å². The Bertz CT molecular complexity index is 729. The molecule has 1 aliphatic rings. The molecule has 120 valence electrons. The number of hydrogen-bond donors (Lipinski definition) is 1. The Hall–Kier alpha value is -2.20. The number of halogens is 1. The van der Waals surface area contributed by atoms with Crippen molar-refractivity contribution in [2.75, 3.05) is 18.9 Å². The average molecular weight is 312 g/mol. The fourth-order valence-electron chi connectivity index (χ4n) is 3.25. The van der Waals surface area contributed by atoms with Crippen LogP contribution < -0.4 is 5.32 Å². The van der Waals surface area contributed by atoms with Gasteiger partial charge in [-0.15, -0.1) is 0 Å². The number of carbonyl (C=O) groups excluding carboxylic acids is 1. The van der Waals surface area contributed by atoms with E-state index < -0.39 is 0 Å². The van der Waals surface area contributed by atoms with Crippen molar-refractivity contribution in [1.82, 2.24) is 4.90 Å². The Balaban J connectivity index is 1.65. The van der Waals surface area contributed by atoms with Gasteiger partial charge >= 0.3 is 0 Å². The molecule has 2 aromatic carbocycles. The van der Waals surface area contributed by atoms with Gasteiger partial charge in [-0.25, -0.2) is 4.39 Å². The van der Waals surface area contributed by atoms with Crippen LogP contribution in [0.5, 0.6) is 0 Å². The van der Waals surface area contributed by atoms with Crippen molar-refractivity contribution in [3.05, 3.63) is 65.0 Å². The number of fused-ring (bicyclic) bond motifs is 1. The number of nitrogens with zero attached hydrogens (tertiary/aromatic N) is 1. The summed E-state index contributed by atoms with van der Waals surface area (Å²) >= 11 is 0. The molecule has 0 unspecified atom stereocenters. The lowest BCUT2D eigenvalue weighted by atomic mass is 10.1. The lowest BCUT2D eigenvalue weighted by Crippen LogP contribution is -2.32. The van der Waals surface area contributed by atoms with Crippen molar-refractivity contribution in [1.29, 1.82) is 0 Å². The highest BCUT2D eigenvalue weighted by Crippen LogP contribution is 2.34. The summed E-state index contributed by atoms with van der Waals surface area (Å²) in [6.07, 6.45) is 2.08. The van der Waals surface area contributed by atoms with E-state index >= 15 is 0 Å². The van der Waals surface area contributed by atoms with E-state index in [1.54, 1.807) is 6.07 Å². The summed E-state index contributed by atoms with van der Waals surface area (Å²) in [5.41, 5.74) is 4.07. The molecule has 3 nitrogen and oxygen atoms in total. The first-order valence-corrected chi connectivity index (χ1v) is 7.88. The second-order valence-corrected chi connectivity index (χ2v) is 6.18. The van der Waals surface area contributed by atoms with Gasteiger partial charge in [0.1, 0.15) is 5.82 Å². The Morgan fingerprint density at radius 2 is 2.09 bits per heavy atom. The van der Waals surface area contributed by atoms with Crippen molar-refractivity contribution >= 4 is 11.6 Å². The number of aryl methyl sites for hydroxylation is 2. The lowest BCUT2D eigenvalue weighted by molar-refractivity contribution is -0.117. The van der Waals surface area contributed by atoms with E-state index in [-0.39, 0.29) is 24.3 Å². The van der Waals surface area contributed by atoms with E-state index in [1.165, 1.54) is 23.3 Å². The highest BCUT2D eigenvalue weighted by atomic mass is 19.1. The van der Waals surface area contributed by atoms with Crippen LogP contribution in [0.1, 0.15) is 29.2 Å². The third kappa shape index (κ3) is 3.42. The summed E-state index contributed by atoms with van der Waals surface area (Å²) in [4.78, 5) is 14.3. The van der Waals surface area contributed by atoms with Crippen molar-refractivity contribution in [3.8, 4) is 0 Å². The number of likely N-dealkylation sites (N-methyl/N-ethyl adjacent to an activating group) is 1. The number of hydrogen-bond acceptors (Lipinski definition) is 2. The molecule has 3 rings (SSSR count). The third-order valence-corrected chi connectivity index (χ3v) is 4.50. The summed E-state index contributed by atoms with van der Waals surface area (Å²) in [5, 5.41) is 2.81. The highest BCUT2D eigenvalue weighted by molar-refractivity contribution is 5.93. The number of carbonyl (C=O) groups is 1. The quantitative estimate of drug-likeness (QED) is 0.934. The minimum atomic E-state index is -0.344. The smallest absolute Gasteiger partial charge is 0.238 e. The van der Waals surface area contributed by atoms with Crippen LogP contribution in [-0.4, -0.2) is 24.4 Å². The van der Waals surface area contributed by atoms with Crippen LogP contribution in [0.3, 0.4) is 0 Å². The summed E-state index contributed by atoms with van der Waals surface area (Å²) < 4.78 is 13.3. The second-order valence-electron chi connectivity index (χ2n) is 6.18. The molecule has 0 saturated heterocycles. The van der Waals surface area contributed by atoms with E-state index in [1.807, 2.05) is 20.0 Å². The number of benzene rings is 2. The molecule has 0 heterocycles. The zero-order valence-corrected chi connectivity index (χ0v) is 13.5. The Labute approximate surface area is 136 Å². The second kappa shape index (κ2) is 6.50. The molecule has 4 heteroatoms. The largest absolute Gasteiger partial charge is 0.325 e. The molecule has 23 heavy (non-hydrogen) atoms. The zero-order valence-electron chi connectivity index (χ0n) is 13.5. The van der Waals surface area contributed by atoms with Crippen molar-refractivity contribution in [2.45, 2.75) is 25.8 Å². The number of amides is 1. The van der Waals surface area contributed by atoms with Gasteiger partial charge in [-0.3, -0.25) is 9.69 Å². The van der Waals surface area contributed by atoms with Crippen molar-refractivity contribution in [3.63, 3.8) is 0 Å². The van der Waals surface area contributed by atoms with Gasteiger partial charge in [0.2, 0.25) is 5.91 Å². The summed E-state index contributed by atoms with van der Waals surface area (Å²) in [7, 11) is 1.96.